The van der Waals surface area contributed by atoms with Gasteiger partial charge in [-0.1, -0.05) is 17.4 Å². The maximum absolute atomic E-state index is 10.9. The van der Waals surface area contributed by atoms with E-state index >= 15 is 0 Å². The molecule has 0 aliphatic heterocycles. The van der Waals surface area contributed by atoms with Gasteiger partial charge < -0.3 is 10.8 Å². The molecule has 0 spiro atoms. The Balaban J connectivity index is 0.00000169. The van der Waals surface area contributed by atoms with E-state index in [0.717, 1.165) is 12.1 Å². The largest absolute Gasteiger partial charge is 1.00 e. The van der Waals surface area contributed by atoms with Crippen LogP contribution in [0.4, 0.5) is 5.69 Å². The van der Waals surface area contributed by atoms with Crippen molar-refractivity contribution in [2.45, 2.75) is 4.90 Å². The van der Waals surface area contributed by atoms with Gasteiger partial charge in [-0.2, -0.15) is 8.42 Å². The van der Waals surface area contributed by atoms with Gasteiger partial charge in [0.1, 0.15) is 0 Å². The van der Waals surface area contributed by atoms with E-state index in [2.05, 4.69) is 0 Å². The molecule has 0 heterocycles. The van der Waals surface area contributed by atoms with Crippen LogP contribution in [0.1, 0.15) is 0 Å². The average molecular weight is 230 g/mol. The molecular formula is C6H5ClLiNO4S. The van der Waals surface area contributed by atoms with Gasteiger partial charge in [-0.15, -0.1) is 0 Å². The number of hydrogen-bond donors (Lipinski definition) is 2. The van der Waals surface area contributed by atoms with Crippen LogP contribution in [-0.2, 0) is 10.1 Å². The smallest absolute Gasteiger partial charge is 0.870 e. The normalized spacial score (nSPS) is 10.7. The van der Waals surface area contributed by atoms with E-state index in [1.807, 2.05) is 0 Å². The molecule has 0 aliphatic rings. The summed E-state index contributed by atoms with van der Waals surface area (Å²) in [6.45, 7) is 0. The molecule has 5 nitrogen and oxygen atoms in total. The van der Waals surface area contributed by atoms with Crippen LogP contribution in [0, 0.1) is 0 Å². The fourth-order valence-electron chi connectivity index (χ4n) is 0.738. The van der Waals surface area contributed by atoms with Crippen molar-refractivity contribution in [1.29, 1.82) is 0 Å². The van der Waals surface area contributed by atoms with Gasteiger partial charge in [-0.3, -0.25) is 4.55 Å². The number of anilines is 1. The van der Waals surface area contributed by atoms with Crippen molar-refractivity contribution in [1.82, 2.24) is 0 Å². The molecular weight excluding hydrogens is 225 g/mol. The first-order valence-electron chi connectivity index (χ1n) is 3.06. The van der Waals surface area contributed by atoms with Crippen LogP contribution in [-0.4, -0.2) is 13.0 Å². The molecule has 0 fully saturated rings. The fraction of sp³-hybridized carbons (Fsp3) is 0. The maximum atomic E-state index is 10.9. The van der Waals surface area contributed by atoms with Gasteiger partial charge in [0.25, 0.3) is 10.1 Å². The number of nitrogens with two attached hydrogens (primary N) is 1. The van der Waals surface area contributed by atoms with Crippen LogP contribution < -0.4 is 29.7 Å². The minimum atomic E-state index is -4.37. The molecule has 0 amide bonds. The molecule has 0 unspecified atom stereocenters. The maximum Gasteiger partial charge on any atom is 1.00 e. The molecule has 0 saturated heterocycles. The Morgan fingerprint density at radius 3 is 2.29 bits per heavy atom. The molecule has 3 N–H and O–H groups in total. The first-order valence-corrected chi connectivity index (χ1v) is 4.87. The van der Waals surface area contributed by atoms with E-state index in [4.69, 9.17) is 21.9 Å². The van der Waals surface area contributed by atoms with Gasteiger partial charge in [-0.25, -0.2) is 0 Å². The van der Waals surface area contributed by atoms with E-state index in [1.54, 1.807) is 0 Å². The molecule has 1 aromatic carbocycles. The summed E-state index contributed by atoms with van der Waals surface area (Å²) in [5, 5.41) is 10.6. The van der Waals surface area contributed by atoms with Crippen molar-refractivity contribution in [3.63, 3.8) is 0 Å². The van der Waals surface area contributed by atoms with Gasteiger partial charge in [-0.05, 0) is 12.1 Å². The Kier molecular flexibility index (Phi) is 4.30. The Morgan fingerprint density at radius 2 is 1.93 bits per heavy atom. The molecule has 0 atom stereocenters. The van der Waals surface area contributed by atoms with Crippen LogP contribution in [0.25, 0.3) is 0 Å². The Hall–Kier alpha value is -0.383. The van der Waals surface area contributed by atoms with E-state index in [-0.39, 0.29) is 29.6 Å². The van der Waals surface area contributed by atoms with E-state index in [1.165, 1.54) is 0 Å². The van der Waals surface area contributed by atoms with Crippen LogP contribution in [0.15, 0.2) is 17.0 Å². The quantitative estimate of drug-likeness (QED) is 0.309. The predicted octanol–water partition coefficient (Wildman–Crippen LogP) is -2.75. The number of halogens is 1. The van der Waals surface area contributed by atoms with Gasteiger partial charge in [0.05, 0.1) is 4.90 Å². The van der Waals surface area contributed by atoms with Crippen LogP contribution >= 0.6 is 11.6 Å². The summed E-state index contributed by atoms with van der Waals surface area (Å²) in [6.07, 6.45) is 0. The SMILES string of the molecule is Nc1cc(S(=O)(=O)O)cc(Cl)c1[O-].[Li+]. The topological polar surface area (TPSA) is 103 Å². The molecule has 1 aromatic rings. The number of rotatable bonds is 1. The summed E-state index contributed by atoms with van der Waals surface area (Å²) in [7, 11) is -4.37. The third-order valence-electron chi connectivity index (χ3n) is 1.34. The minimum absolute atomic E-state index is 0. The van der Waals surface area contributed by atoms with E-state index < -0.39 is 20.8 Å². The second-order valence-corrected chi connectivity index (χ2v) is 4.13. The minimum Gasteiger partial charge on any atom is -0.870 e. The molecule has 14 heavy (non-hydrogen) atoms. The number of nitrogen functional groups attached to an aromatic ring is 1. The van der Waals surface area contributed by atoms with Crippen molar-refractivity contribution in [2.24, 2.45) is 0 Å². The monoisotopic (exact) mass is 229 g/mol. The third-order valence-corrected chi connectivity index (χ3v) is 2.46. The zero-order valence-electron chi connectivity index (χ0n) is 7.19. The predicted molar refractivity (Wildman–Crippen MR) is 45.1 cm³/mol. The van der Waals surface area contributed by atoms with Crippen molar-refractivity contribution >= 4 is 27.4 Å². The van der Waals surface area contributed by atoms with Gasteiger partial charge in [0.2, 0.25) is 0 Å². The van der Waals surface area contributed by atoms with Crippen molar-refractivity contribution in [2.75, 3.05) is 5.73 Å². The summed E-state index contributed by atoms with van der Waals surface area (Å²) < 4.78 is 29.8. The standard InChI is InChI=1S/C6H6ClNO4S.Li/c7-4-1-3(13(10,11)12)2-5(8)6(4)9;/h1-2,9H,8H2,(H,10,11,12);/q;+1/p-1. The van der Waals surface area contributed by atoms with Crippen LogP contribution in [0.2, 0.25) is 5.02 Å². The zero-order chi connectivity index (χ0) is 10.2. The van der Waals surface area contributed by atoms with Crippen molar-refractivity contribution < 1.29 is 36.9 Å². The Morgan fingerprint density at radius 1 is 1.43 bits per heavy atom. The zero-order valence-corrected chi connectivity index (χ0v) is 8.76. The van der Waals surface area contributed by atoms with E-state index in [9.17, 15) is 13.5 Å². The van der Waals surface area contributed by atoms with Gasteiger partial charge in [0, 0.05) is 10.7 Å². The fourth-order valence-corrected chi connectivity index (χ4v) is 1.57. The first-order chi connectivity index (χ1) is 5.82. The van der Waals surface area contributed by atoms with Crippen molar-refractivity contribution in [3.8, 4) is 5.75 Å². The Labute approximate surface area is 97.8 Å². The summed E-state index contributed by atoms with van der Waals surface area (Å²) in [5.41, 5.74) is 4.83. The Bertz CT molecular complexity index is 424. The van der Waals surface area contributed by atoms with E-state index in [0.29, 0.717) is 0 Å². The molecule has 72 valence electrons. The molecule has 0 aliphatic carbocycles. The van der Waals surface area contributed by atoms with Crippen molar-refractivity contribution in [3.05, 3.63) is 17.2 Å². The third kappa shape index (κ3) is 2.80. The van der Waals surface area contributed by atoms with Gasteiger partial charge >= 0.3 is 18.9 Å². The summed E-state index contributed by atoms with van der Waals surface area (Å²) >= 11 is 5.36. The molecule has 1 rings (SSSR count). The van der Waals surface area contributed by atoms with Gasteiger partial charge in [0.15, 0.2) is 0 Å². The summed E-state index contributed by atoms with van der Waals surface area (Å²) in [5.74, 6) is -0.658. The number of hydrogen-bond acceptors (Lipinski definition) is 4. The summed E-state index contributed by atoms with van der Waals surface area (Å²) in [6, 6.07) is 1.69. The number of benzene rings is 1. The molecule has 0 aromatic heterocycles. The summed E-state index contributed by atoms with van der Waals surface area (Å²) in [4.78, 5) is -0.491. The molecule has 0 saturated carbocycles. The average Bonchev–Trinajstić information content (AvgIpc) is 1.97. The second-order valence-electron chi connectivity index (χ2n) is 2.30. The van der Waals surface area contributed by atoms with Crippen LogP contribution in [0.5, 0.6) is 5.75 Å². The molecule has 0 radical (unpaired) electrons. The second kappa shape index (κ2) is 4.42. The molecule has 0 bridgehead atoms. The first kappa shape index (κ1) is 13.6. The van der Waals surface area contributed by atoms with Crippen LogP contribution in [0.3, 0.4) is 0 Å². The molecule has 8 heteroatoms.